The Bertz CT molecular complexity index is 430. The molecule has 16 heavy (non-hydrogen) atoms. The Morgan fingerprint density at radius 3 is 2.75 bits per heavy atom. The van der Waals surface area contributed by atoms with E-state index in [-0.39, 0.29) is 0 Å². The minimum atomic E-state index is 0.627. The Kier molecular flexibility index (Phi) is 3.71. The molecular formula is C11H13N3OS. The van der Waals surface area contributed by atoms with E-state index in [2.05, 4.69) is 15.5 Å². The van der Waals surface area contributed by atoms with E-state index in [0.29, 0.717) is 6.61 Å². The molecule has 0 atom stereocenters. The summed E-state index contributed by atoms with van der Waals surface area (Å²) in [6, 6.07) is 9.77. The molecule has 0 aliphatic carbocycles. The average Bonchev–Trinajstić information content (AvgIpc) is 2.78. The number of rotatable bonds is 5. The van der Waals surface area contributed by atoms with Crippen molar-refractivity contribution in [3.8, 4) is 5.75 Å². The number of para-hydroxylation sites is 1. The summed E-state index contributed by atoms with van der Waals surface area (Å²) in [5.41, 5.74) is 0. The summed E-state index contributed by atoms with van der Waals surface area (Å²) in [4.78, 5) is 0. The van der Waals surface area contributed by atoms with Gasteiger partial charge in [-0.15, -0.1) is 10.2 Å². The van der Waals surface area contributed by atoms with Crippen LogP contribution in [0.15, 0.2) is 30.3 Å². The van der Waals surface area contributed by atoms with Crippen LogP contribution >= 0.6 is 11.3 Å². The number of aromatic nitrogens is 2. The summed E-state index contributed by atoms with van der Waals surface area (Å²) in [5.74, 6) is 0.890. The lowest BCUT2D eigenvalue weighted by molar-refractivity contribution is 0.321. The molecule has 0 bridgehead atoms. The highest BCUT2D eigenvalue weighted by molar-refractivity contribution is 7.15. The fraction of sp³-hybridized carbons (Fsp3) is 0.273. The highest BCUT2D eigenvalue weighted by atomic mass is 32.1. The van der Waals surface area contributed by atoms with E-state index in [1.54, 1.807) is 11.3 Å². The molecule has 5 heteroatoms. The van der Waals surface area contributed by atoms with Crippen molar-refractivity contribution in [3.05, 3.63) is 35.3 Å². The Balaban J connectivity index is 1.80. The zero-order valence-corrected chi connectivity index (χ0v) is 9.83. The largest absolute Gasteiger partial charge is 0.493 e. The zero-order chi connectivity index (χ0) is 11.2. The number of ether oxygens (including phenoxy) is 1. The van der Waals surface area contributed by atoms with Crippen molar-refractivity contribution in [3.63, 3.8) is 0 Å². The maximum atomic E-state index is 5.57. The van der Waals surface area contributed by atoms with Crippen molar-refractivity contribution in [2.24, 2.45) is 0 Å². The molecule has 1 aromatic heterocycles. The van der Waals surface area contributed by atoms with Gasteiger partial charge in [-0.1, -0.05) is 29.5 Å². The Morgan fingerprint density at radius 1 is 1.25 bits per heavy atom. The predicted molar refractivity (Wildman–Crippen MR) is 65.1 cm³/mol. The van der Waals surface area contributed by atoms with Gasteiger partial charge in [0.25, 0.3) is 0 Å². The first-order chi connectivity index (χ1) is 7.88. The van der Waals surface area contributed by atoms with Gasteiger partial charge in [0.05, 0.1) is 6.61 Å². The number of nitrogens with zero attached hydrogens (tertiary/aromatic N) is 2. The van der Waals surface area contributed by atoms with Crippen LogP contribution in [0, 0.1) is 0 Å². The van der Waals surface area contributed by atoms with E-state index in [0.717, 1.165) is 22.3 Å². The molecule has 0 radical (unpaired) electrons. The number of anilines is 1. The molecule has 0 aliphatic rings. The summed E-state index contributed by atoms with van der Waals surface area (Å²) in [5, 5.41) is 12.8. The van der Waals surface area contributed by atoms with Gasteiger partial charge >= 0.3 is 0 Å². The van der Waals surface area contributed by atoms with Crippen molar-refractivity contribution in [1.82, 2.24) is 10.2 Å². The lowest BCUT2D eigenvalue weighted by Gasteiger charge is -2.03. The Hall–Kier alpha value is -1.62. The third-order valence-electron chi connectivity index (χ3n) is 2.01. The monoisotopic (exact) mass is 235 g/mol. The molecule has 1 aromatic carbocycles. The normalized spacial score (nSPS) is 10.1. The fourth-order valence-corrected chi connectivity index (χ4v) is 1.90. The number of hydrogen-bond donors (Lipinski definition) is 1. The SMILES string of the molecule is CNc1nnc(CCOc2ccccc2)s1. The second-order valence-electron chi connectivity index (χ2n) is 3.16. The molecular weight excluding hydrogens is 222 g/mol. The van der Waals surface area contributed by atoms with E-state index < -0.39 is 0 Å². The van der Waals surface area contributed by atoms with Gasteiger partial charge in [-0.05, 0) is 12.1 Å². The summed E-state index contributed by atoms with van der Waals surface area (Å²) in [7, 11) is 1.84. The molecule has 0 aliphatic heterocycles. The molecule has 4 nitrogen and oxygen atoms in total. The van der Waals surface area contributed by atoms with Crippen LogP contribution in [0.25, 0.3) is 0 Å². The van der Waals surface area contributed by atoms with Crippen LogP contribution in [0.2, 0.25) is 0 Å². The zero-order valence-electron chi connectivity index (χ0n) is 9.01. The quantitative estimate of drug-likeness (QED) is 0.863. The number of hydrogen-bond acceptors (Lipinski definition) is 5. The molecule has 0 spiro atoms. The van der Waals surface area contributed by atoms with Gasteiger partial charge < -0.3 is 10.1 Å². The van der Waals surface area contributed by atoms with E-state index >= 15 is 0 Å². The fourth-order valence-electron chi connectivity index (χ4n) is 1.23. The molecule has 1 N–H and O–H groups in total. The van der Waals surface area contributed by atoms with Gasteiger partial charge in [-0.2, -0.15) is 0 Å². The van der Waals surface area contributed by atoms with Gasteiger partial charge in [0.1, 0.15) is 10.8 Å². The Labute approximate surface area is 98.3 Å². The van der Waals surface area contributed by atoms with Gasteiger partial charge in [0, 0.05) is 13.5 Å². The van der Waals surface area contributed by atoms with Crippen LogP contribution in [-0.4, -0.2) is 23.9 Å². The van der Waals surface area contributed by atoms with Gasteiger partial charge in [0.15, 0.2) is 0 Å². The molecule has 0 amide bonds. The van der Waals surface area contributed by atoms with E-state index in [1.165, 1.54) is 0 Å². The molecule has 0 saturated carbocycles. The third-order valence-corrected chi connectivity index (χ3v) is 3.01. The molecule has 1 heterocycles. The third kappa shape index (κ3) is 2.93. The Morgan fingerprint density at radius 2 is 2.06 bits per heavy atom. The van der Waals surface area contributed by atoms with Crippen LogP contribution in [-0.2, 0) is 6.42 Å². The molecule has 2 rings (SSSR count). The van der Waals surface area contributed by atoms with Crippen LogP contribution in [0.4, 0.5) is 5.13 Å². The maximum absolute atomic E-state index is 5.57. The predicted octanol–water partition coefficient (Wildman–Crippen LogP) is 2.20. The van der Waals surface area contributed by atoms with Crippen LogP contribution in [0.5, 0.6) is 5.75 Å². The molecule has 0 fully saturated rings. The summed E-state index contributed by atoms with van der Waals surface area (Å²) in [6.45, 7) is 0.627. The maximum Gasteiger partial charge on any atom is 0.205 e. The first-order valence-electron chi connectivity index (χ1n) is 5.06. The topological polar surface area (TPSA) is 47.0 Å². The van der Waals surface area contributed by atoms with Crippen LogP contribution in [0.3, 0.4) is 0 Å². The first-order valence-corrected chi connectivity index (χ1v) is 5.88. The second kappa shape index (κ2) is 5.46. The molecule has 2 aromatic rings. The lowest BCUT2D eigenvalue weighted by Crippen LogP contribution is -2.00. The van der Waals surface area contributed by atoms with Gasteiger partial charge in [0.2, 0.25) is 5.13 Å². The highest BCUT2D eigenvalue weighted by Gasteiger charge is 2.02. The van der Waals surface area contributed by atoms with Crippen LogP contribution < -0.4 is 10.1 Å². The van der Waals surface area contributed by atoms with E-state index in [1.807, 2.05) is 37.4 Å². The second-order valence-corrected chi connectivity index (χ2v) is 4.22. The van der Waals surface area contributed by atoms with Crippen molar-refractivity contribution in [2.45, 2.75) is 6.42 Å². The number of nitrogens with one attached hydrogen (secondary N) is 1. The lowest BCUT2D eigenvalue weighted by atomic mass is 10.3. The minimum absolute atomic E-state index is 0.627. The first kappa shape index (κ1) is 10.9. The molecule has 84 valence electrons. The van der Waals surface area contributed by atoms with Gasteiger partial charge in [-0.25, -0.2) is 0 Å². The summed E-state index contributed by atoms with van der Waals surface area (Å²) < 4.78 is 5.57. The molecule has 0 unspecified atom stereocenters. The van der Waals surface area contributed by atoms with E-state index in [9.17, 15) is 0 Å². The molecule has 0 saturated heterocycles. The van der Waals surface area contributed by atoms with Crippen molar-refractivity contribution in [1.29, 1.82) is 0 Å². The number of benzene rings is 1. The van der Waals surface area contributed by atoms with Crippen molar-refractivity contribution in [2.75, 3.05) is 19.0 Å². The summed E-state index contributed by atoms with van der Waals surface area (Å²) >= 11 is 1.55. The van der Waals surface area contributed by atoms with Crippen molar-refractivity contribution >= 4 is 16.5 Å². The van der Waals surface area contributed by atoms with Crippen LogP contribution in [0.1, 0.15) is 5.01 Å². The van der Waals surface area contributed by atoms with Gasteiger partial charge in [-0.3, -0.25) is 0 Å². The van der Waals surface area contributed by atoms with Crippen molar-refractivity contribution < 1.29 is 4.74 Å². The standard InChI is InChI=1S/C11H13N3OS/c1-12-11-14-13-10(16-11)7-8-15-9-5-3-2-4-6-9/h2-6H,7-8H2,1H3,(H,12,14). The van der Waals surface area contributed by atoms with E-state index in [4.69, 9.17) is 4.74 Å². The summed E-state index contributed by atoms with van der Waals surface area (Å²) in [6.07, 6.45) is 0.786. The smallest absolute Gasteiger partial charge is 0.205 e. The highest BCUT2D eigenvalue weighted by Crippen LogP contribution is 2.15. The average molecular weight is 235 g/mol. The minimum Gasteiger partial charge on any atom is -0.493 e.